The van der Waals surface area contributed by atoms with Gasteiger partial charge in [0.2, 0.25) is 10.0 Å². The minimum Gasteiger partial charge on any atom is -0.358 e. The molecule has 0 fully saturated rings. The number of anilines is 1. The summed E-state index contributed by atoms with van der Waals surface area (Å²) in [4.78, 5) is 9.95. The van der Waals surface area contributed by atoms with Gasteiger partial charge >= 0.3 is 0 Å². The summed E-state index contributed by atoms with van der Waals surface area (Å²) in [6.07, 6.45) is 3.16. The number of hydrogen-bond donors (Lipinski definition) is 1. The van der Waals surface area contributed by atoms with Crippen LogP contribution in [0.4, 0.5) is 5.82 Å². The van der Waals surface area contributed by atoms with Gasteiger partial charge < -0.3 is 4.90 Å². The van der Waals surface area contributed by atoms with E-state index in [1.165, 1.54) is 6.20 Å². The molecule has 118 valence electrons. The first kappa shape index (κ1) is 16.7. The van der Waals surface area contributed by atoms with Crippen LogP contribution in [0.15, 0.2) is 42.7 Å². The molecule has 0 atom stereocenters. The lowest BCUT2D eigenvalue weighted by atomic mass is 10.3. The number of nitrogens with one attached hydrogen (secondary N) is 1. The Hall–Kier alpha value is -1.70. The van der Waals surface area contributed by atoms with Crippen LogP contribution < -0.4 is 9.62 Å². The summed E-state index contributed by atoms with van der Waals surface area (Å²) in [6, 6.07) is 8.81. The molecule has 6 nitrogen and oxygen atoms in total. The van der Waals surface area contributed by atoms with E-state index in [2.05, 4.69) is 14.7 Å². The number of hydrogen-bond acceptors (Lipinski definition) is 5. The van der Waals surface area contributed by atoms with Crippen molar-refractivity contribution in [2.45, 2.75) is 5.75 Å². The number of halogens is 1. The lowest BCUT2D eigenvalue weighted by Crippen LogP contribution is -2.34. The maximum atomic E-state index is 12.0. The Morgan fingerprint density at radius 2 is 2.05 bits per heavy atom. The number of rotatable bonds is 7. The maximum absolute atomic E-state index is 12.0. The van der Waals surface area contributed by atoms with Crippen LogP contribution >= 0.6 is 11.6 Å². The first-order valence-corrected chi connectivity index (χ1v) is 8.69. The van der Waals surface area contributed by atoms with E-state index in [9.17, 15) is 8.42 Å². The van der Waals surface area contributed by atoms with Crippen molar-refractivity contribution in [1.29, 1.82) is 0 Å². The molecule has 0 saturated heterocycles. The SMILES string of the molecule is CN(CCNS(=O)(=O)Cc1ccc(Cl)nc1)c1ccccn1. The summed E-state index contributed by atoms with van der Waals surface area (Å²) in [5, 5.41) is 0.339. The molecule has 0 aliphatic heterocycles. The second-order valence-corrected chi connectivity index (χ2v) is 6.95. The Bertz CT molecular complexity index is 693. The molecule has 0 unspecified atom stereocenters. The fourth-order valence-electron chi connectivity index (χ4n) is 1.83. The highest BCUT2D eigenvalue weighted by Gasteiger charge is 2.12. The first-order chi connectivity index (χ1) is 10.5. The fourth-order valence-corrected chi connectivity index (χ4v) is 3.05. The van der Waals surface area contributed by atoms with E-state index in [0.717, 1.165) is 5.82 Å². The van der Waals surface area contributed by atoms with E-state index >= 15 is 0 Å². The van der Waals surface area contributed by atoms with E-state index in [-0.39, 0.29) is 5.75 Å². The molecule has 2 aromatic rings. The van der Waals surface area contributed by atoms with Gasteiger partial charge in [-0.3, -0.25) is 0 Å². The van der Waals surface area contributed by atoms with Gasteiger partial charge in [0.15, 0.2) is 0 Å². The molecule has 0 spiro atoms. The van der Waals surface area contributed by atoms with Gasteiger partial charge in [-0.1, -0.05) is 23.7 Å². The van der Waals surface area contributed by atoms with Crippen molar-refractivity contribution in [3.05, 3.63) is 53.4 Å². The standard InChI is InChI=1S/C14H17ClN4O2S/c1-19(14-4-2-3-7-16-14)9-8-18-22(20,21)11-12-5-6-13(15)17-10-12/h2-7,10,18H,8-9,11H2,1H3. The number of likely N-dealkylation sites (N-methyl/N-ethyl adjacent to an activating group) is 1. The zero-order valence-electron chi connectivity index (χ0n) is 12.1. The van der Waals surface area contributed by atoms with Crippen LogP contribution in [-0.4, -0.2) is 38.5 Å². The molecule has 2 rings (SSSR count). The van der Waals surface area contributed by atoms with Crippen LogP contribution in [0, 0.1) is 0 Å². The van der Waals surface area contributed by atoms with Crippen LogP contribution in [-0.2, 0) is 15.8 Å². The molecule has 1 N–H and O–H groups in total. The molecule has 0 bridgehead atoms. The van der Waals surface area contributed by atoms with Crippen LogP contribution in [0.5, 0.6) is 0 Å². The number of pyridine rings is 2. The minimum atomic E-state index is -3.41. The molecular formula is C14H17ClN4O2S. The lowest BCUT2D eigenvalue weighted by Gasteiger charge is -2.18. The molecule has 22 heavy (non-hydrogen) atoms. The Kier molecular flexibility index (Phi) is 5.70. The van der Waals surface area contributed by atoms with Gasteiger partial charge in [-0.2, -0.15) is 0 Å². The highest BCUT2D eigenvalue weighted by Crippen LogP contribution is 2.08. The van der Waals surface area contributed by atoms with Crippen molar-refractivity contribution >= 4 is 27.4 Å². The Morgan fingerprint density at radius 1 is 1.23 bits per heavy atom. The normalized spacial score (nSPS) is 11.4. The monoisotopic (exact) mass is 340 g/mol. The predicted octanol–water partition coefficient (Wildman–Crippen LogP) is 1.69. The van der Waals surface area contributed by atoms with Gasteiger partial charge in [0.25, 0.3) is 0 Å². The minimum absolute atomic E-state index is 0.121. The molecular weight excluding hydrogens is 324 g/mol. The van der Waals surface area contributed by atoms with Gasteiger partial charge in [0, 0.05) is 32.5 Å². The number of nitrogens with zero attached hydrogens (tertiary/aromatic N) is 3. The molecule has 0 aromatic carbocycles. The molecule has 0 amide bonds. The van der Waals surface area contributed by atoms with E-state index in [1.54, 1.807) is 18.3 Å². The second kappa shape index (κ2) is 7.53. The van der Waals surface area contributed by atoms with Gasteiger partial charge in [-0.15, -0.1) is 0 Å². The molecule has 0 saturated carbocycles. The molecule has 8 heteroatoms. The third-order valence-electron chi connectivity index (χ3n) is 2.95. The maximum Gasteiger partial charge on any atom is 0.215 e. The number of aromatic nitrogens is 2. The fraction of sp³-hybridized carbons (Fsp3) is 0.286. The third-order valence-corrected chi connectivity index (χ3v) is 4.54. The van der Waals surface area contributed by atoms with Crippen LogP contribution in [0.3, 0.4) is 0 Å². The summed E-state index contributed by atoms with van der Waals surface area (Å²) >= 11 is 5.67. The second-order valence-electron chi connectivity index (χ2n) is 4.75. The largest absolute Gasteiger partial charge is 0.358 e. The summed E-state index contributed by atoms with van der Waals surface area (Å²) in [7, 11) is -1.54. The predicted molar refractivity (Wildman–Crippen MR) is 87.4 cm³/mol. The van der Waals surface area contributed by atoms with Gasteiger partial charge in [-0.25, -0.2) is 23.1 Å². The summed E-state index contributed by atoms with van der Waals surface area (Å²) in [5.41, 5.74) is 0.593. The van der Waals surface area contributed by atoms with Crippen LogP contribution in [0.25, 0.3) is 0 Å². The van der Waals surface area contributed by atoms with E-state index in [1.807, 2.05) is 30.1 Å². The zero-order valence-corrected chi connectivity index (χ0v) is 13.7. The number of sulfonamides is 1. The highest BCUT2D eigenvalue weighted by atomic mass is 35.5. The Balaban J connectivity index is 1.84. The van der Waals surface area contributed by atoms with Gasteiger partial charge in [0.1, 0.15) is 11.0 Å². The molecule has 2 heterocycles. The molecule has 0 aliphatic rings. The van der Waals surface area contributed by atoms with Crippen molar-refractivity contribution in [3.8, 4) is 0 Å². The average molecular weight is 341 g/mol. The van der Waals surface area contributed by atoms with Crippen molar-refractivity contribution < 1.29 is 8.42 Å². The quantitative estimate of drug-likeness (QED) is 0.776. The smallest absolute Gasteiger partial charge is 0.215 e. The molecule has 0 aliphatic carbocycles. The molecule has 2 aromatic heterocycles. The lowest BCUT2D eigenvalue weighted by molar-refractivity contribution is 0.580. The van der Waals surface area contributed by atoms with E-state index in [0.29, 0.717) is 23.8 Å². The zero-order chi connectivity index (χ0) is 16.0. The first-order valence-electron chi connectivity index (χ1n) is 6.66. The summed E-state index contributed by atoms with van der Waals surface area (Å²) < 4.78 is 26.6. The van der Waals surface area contributed by atoms with E-state index < -0.39 is 10.0 Å². The highest BCUT2D eigenvalue weighted by molar-refractivity contribution is 7.88. The Labute approximate surface area is 135 Å². The average Bonchev–Trinajstić information content (AvgIpc) is 2.50. The Morgan fingerprint density at radius 3 is 2.68 bits per heavy atom. The van der Waals surface area contributed by atoms with Crippen molar-refractivity contribution in [3.63, 3.8) is 0 Å². The van der Waals surface area contributed by atoms with Crippen molar-refractivity contribution in [2.75, 3.05) is 25.0 Å². The van der Waals surface area contributed by atoms with E-state index in [4.69, 9.17) is 11.6 Å². The van der Waals surface area contributed by atoms with Crippen molar-refractivity contribution in [1.82, 2.24) is 14.7 Å². The third kappa shape index (κ3) is 5.25. The van der Waals surface area contributed by atoms with Crippen molar-refractivity contribution in [2.24, 2.45) is 0 Å². The topological polar surface area (TPSA) is 75.2 Å². The van der Waals surface area contributed by atoms with Crippen LogP contribution in [0.1, 0.15) is 5.56 Å². The summed E-state index contributed by atoms with van der Waals surface area (Å²) in [6.45, 7) is 0.825. The molecule has 0 radical (unpaired) electrons. The van der Waals surface area contributed by atoms with Crippen LogP contribution in [0.2, 0.25) is 5.15 Å². The summed E-state index contributed by atoms with van der Waals surface area (Å²) in [5.74, 6) is 0.674. The van der Waals surface area contributed by atoms with Gasteiger partial charge in [-0.05, 0) is 23.8 Å². The van der Waals surface area contributed by atoms with Gasteiger partial charge in [0.05, 0.1) is 5.75 Å².